The van der Waals surface area contributed by atoms with Crippen LogP contribution in [-0.2, 0) is 9.53 Å². The summed E-state index contributed by atoms with van der Waals surface area (Å²) in [6.07, 6.45) is 0. The third kappa shape index (κ3) is 3.80. The maximum absolute atomic E-state index is 13.5. The molecule has 0 aromatic heterocycles. The molecule has 0 aliphatic carbocycles. The van der Waals surface area contributed by atoms with Gasteiger partial charge in [0.15, 0.2) is 6.61 Å². The zero-order valence-electron chi connectivity index (χ0n) is 14.0. The summed E-state index contributed by atoms with van der Waals surface area (Å²) < 4.78 is 23.8. The highest BCUT2D eigenvalue weighted by atomic mass is 19.1. The lowest BCUT2D eigenvalue weighted by Crippen LogP contribution is -2.21. The number of halogens is 1. The summed E-state index contributed by atoms with van der Waals surface area (Å²) in [5.74, 6) is -1.55. The number of carbonyl (C=O) groups excluding carboxylic acids is 2. The molecule has 5 nitrogen and oxygen atoms in total. The Kier molecular flexibility index (Phi) is 5.12. The smallest absolute Gasteiger partial charge is 0.342 e. The average Bonchev–Trinajstić information content (AvgIpc) is 2.66. The maximum Gasteiger partial charge on any atom is 0.342 e. The Morgan fingerprint density at radius 3 is 2.35 bits per heavy atom. The molecule has 0 spiro atoms. The first-order chi connectivity index (χ1) is 12.6. The molecule has 132 valence electrons. The second-order valence-corrected chi connectivity index (χ2v) is 5.50. The van der Waals surface area contributed by atoms with Gasteiger partial charge in [0.1, 0.15) is 17.1 Å². The van der Waals surface area contributed by atoms with Crippen LogP contribution in [0.2, 0.25) is 0 Å². The molecule has 0 unspecified atom stereocenters. The monoisotopic (exact) mass is 353 g/mol. The Bertz CT molecular complexity index is 971. The van der Waals surface area contributed by atoms with Crippen molar-refractivity contribution in [2.75, 3.05) is 19.0 Å². The van der Waals surface area contributed by atoms with Crippen LogP contribution in [0.3, 0.4) is 0 Å². The van der Waals surface area contributed by atoms with Crippen molar-refractivity contribution in [3.8, 4) is 5.75 Å². The first-order valence-electron chi connectivity index (χ1n) is 7.87. The van der Waals surface area contributed by atoms with Gasteiger partial charge >= 0.3 is 5.97 Å². The van der Waals surface area contributed by atoms with Crippen molar-refractivity contribution in [3.63, 3.8) is 0 Å². The topological polar surface area (TPSA) is 64.6 Å². The molecule has 1 amide bonds. The first kappa shape index (κ1) is 17.4. The van der Waals surface area contributed by atoms with Crippen LogP contribution in [0.5, 0.6) is 5.75 Å². The lowest BCUT2D eigenvalue weighted by molar-refractivity contribution is -0.119. The van der Waals surface area contributed by atoms with Crippen molar-refractivity contribution in [2.45, 2.75) is 0 Å². The van der Waals surface area contributed by atoms with Crippen LogP contribution in [0.15, 0.2) is 60.7 Å². The molecule has 0 atom stereocenters. The van der Waals surface area contributed by atoms with Crippen LogP contribution >= 0.6 is 0 Å². The second kappa shape index (κ2) is 7.65. The molecule has 1 N–H and O–H groups in total. The Balaban J connectivity index is 1.71. The van der Waals surface area contributed by atoms with Crippen molar-refractivity contribution in [1.29, 1.82) is 0 Å². The summed E-state index contributed by atoms with van der Waals surface area (Å²) in [5, 5.41) is 4.11. The SMILES string of the molecule is COc1cc2ccccc2cc1C(=O)OCC(=O)Nc1ccccc1F. The van der Waals surface area contributed by atoms with Gasteiger partial charge in [-0.3, -0.25) is 4.79 Å². The van der Waals surface area contributed by atoms with E-state index in [1.54, 1.807) is 18.2 Å². The number of rotatable bonds is 5. The predicted octanol–water partition coefficient (Wildman–Crippen LogP) is 3.78. The Morgan fingerprint density at radius 1 is 1.00 bits per heavy atom. The fraction of sp³-hybridized carbons (Fsp3) is 0.100. The molecule has 0 aliphatic heterocycles. The fourth-order valence-electron chi connectivity index (χ4n) is 2.51. The van der Waals surface area contributed by atoms with E-state index in [1.807, 2.05) is 24.3 Å². The van der Waals surface area contributed by atoms with Gasteiger partial charge in [-0.1, -0.05) is 36.4 Å². The zero-order valence-corrected chi connectivity index (χ0v) is 14.0. The van der Waals surface area contributed by atoms with E-state index in [0.717, 1.165) is 10.8 Å². The van der Waals surface area contributed by atoms with Gasteiger partial charge in [-0.2, -0.15) is 0 Å². The molecule has 0 saturated heterocycles. The van der Waals surface area contributed by atoms with Crippen LogP contribution in [0.1, 0.15) is 10.4 Å². The minimum Gasteiger partial charge on any atom is -0.496 e. The predicted molar refractivity (Wildman–Crippen MR) is 95.8 cm³/mol. The summed E-state index contributed by atoms with van der Waals surface area (Å²) in [6.45, 7) is -0.539. The van der Waals surface area contributed by atoms with Crippen molar-refractivity contribution in [1.82, 2.24) is 0 Å². The number of amides is 1. The number of carbonyl (C=O) groups is 2. The summed E-state index contributed by atoms with van der Waals surface area (Å²) >= 11 is 0. The molecule has 0 bridgehead atoms. The standard InChI is InChI=1S/C20H16FNO4/c1-25-18-11-14-7-3-2-6-13(14)10-15(18)20(24)26-12-19(23)22-17-9-5-4-8-16(17)21/h2-11H,12H2,1H3,(H,22,23). The number of fused-ring (bicyclic) bond motifs is 1. The highest BCUT2D eigenvalue weighted by molar-refractivity contribution is 6.00. The normalized spacial score (nSPS) is 10.4. The Hall–Kier alpha value is -3.41. The van der Waals surface area contributed by atoms with Crippen LogP contribution in [0.25, 0.3) is 10.8 Å². The van der Waals surface area contributed by atoms with E-state index in [1.165, 1.54) is 25.3 Å². The van der Waals surface area contributed by atoms with E-state index in [-0.39, 0.29) is 11.3 Å². The number of ether oxygens (including phenoxy) is 2. The second-order valence-electron chi connectivity index (χ2n) is 5.50. The molecule has 3 aromatic rings. The molecule has 3 aromatic carbocycles. The van der Waals surface area contributed by atoms with E-state index >= 15 is 0 Å². The third-order valence-electron chi connectivity index (χ3n) is 3.77. The number of methoxy groups -OCH3 is 1. The minimum atomic E-state index is -0.698. The number of hydrogen-bond donors (Lipinski definition) is 1. The summed E-state index contributed by atoms with van der Waals surface area (Å²) in [6, 6.07) is 16.6. The summed E-state index contributed by atoms with van der Waals surface area (Å²) in [7, 11) is 1.45. The Morgan fingerprint density at radius 2 is 1.65 bits per heavy atom. The highest BCUT2D eigenvalue weighted by Crippen LogP contribution is 2.26. The van der Waals surface area contributed by atoms with Crippen molar-refractivity contribution < 1.29 is 23.5 Å². The van der Waals surface area contributed by atoms with E-state index < -0.39 is 24.3 Å². The van der Waals surface area contributed by atoms with E-state index in [9.17, 15) is 14.0 Å². The fourth-order valence-corrected chi connectivity index (χ4v) is 2.51. The zero-order chi connectivity index (χ0) is 18.5. The summed E-state index contributed by atoms with van der Waals surface area (Å²) in [4.78, 5) is 24.2. The van der Waals surface area contributed by atoms with Gasteiger partial charge in [0.2, 0.25) is 0 Å². The molecule has 26 heavy (non-hydrogen) atoms. The van der Waals surface area contributed by atoms with Gasteiger partial charge in [0.25, 0.3) is 5.91 Å². The van der Waals surface area contributed by atoms with Crippen molar-refractivity contribution >= 4 is 28.3 Å². The maximum atomic E-state index is 13.5. The lowest BCUT2D eigenvalue weighted by Gasteiger charge is -2.11. The third-order valence-corrected chi connectivity index (χ3v) is 3.77. The number of anilines is 1. The molecular formula is C20H16FNO4. The van der Waals surface area contributed by atoms with Gasteiger partial charge in [-0.05, 0) is 35.0 Å². The number of nitrogens with one attached hydrogen (secondary N) is 1. The molecule has 6 heteroatoms. The number of hydrogen-bond acceptors (Lipinski definition) is 4. The molecule has 0 fully saturated rings. The van der Waals surface area contributed by atoms with Gasteiger partial charge in [0, 0.05) is 0 Å². The quantitative estimate of drug-likeness (QED) is 0.709. The van der Waals surface area contributed by atoms with Gasteiger partial charge in [-0.15, -0.1) is 0 Å². The van der Waals surface area contributed by atoms with Crippen LogP contribution < -0.4 is 10.1 Å². The molecule has 0 saturated carbocycles. The van der Waals surface area contributed by atoms with Crippen LogP contribution in [-0.4, -0.2) is 25.6 Å². The van der Waals surface area contributed by atoms with Crippen molar-refractivity contribution in [2.24, 2.45) is 0 Å². The van der Waals surface area contributed by atoms with E-state index in [4.69, 9.17) is 9.47 Å². The molecule has 3 rings (SSSR count). The Labute approximate surface area is 149 Å². The van der Waals surface area contributed by atoms with E-state index in [2.05, 4.69) is 5.32 Å². The molecule has 0 radical (unpaired) electrons. The largest absolute Gasteiger partial charge is 0.496 e. The van der Waals surface area contributed by atoms with Gasteiger partial charge in [-0.25, -0.2) is 9.18 Å². The number of benzene rings is 3. The van der Waals surface area contributed by atoms with Gasteiger partial charge < -0.3 is 14.8 Å². The molecule has 0 aliphatic rings. The number of esters is 1. The summed E-state index contributed by atoms with van der Waals surface area (Å²) in [5.41, 5.74) is 0.238. The van der Waals surface area contributed by atoms with Crippen LogP contribution in [0.4, 0.5) is 10.1 Å². The first-order valence-corrected chi connectivity index (χ1v) is 7.87. The highest BCUT2D eigenvalue weighted by Gasteiger charge is 2.17. The average molecular weight is 353 g/mol. The van der Waals surface area contributed by atoms with Gasteiger partial charge in [0.05, 0.1) is 12.8 Å². The van der Waals surface area contributed by atoms with E-state index in [0.29, 0.717) is 5.75 Å². The minimum absolute atomic E-state index is 0.0248. The molecular weight excluding hydrogens is 337 g/mol. The van der Waals surface area contributed by atoms with Crippen LogP contribution in [0, 0.1) is 5.82 Å². The van der Waals surface area contributed by atoms with Crippen molar-refractivity contribution in [3.05, 3.63) is 72.0 Å². The molecule has 0 heterocycles. The lowest BCUT2D eigenvalue weighted by atomic mass is 10.1. The number of para-hydroxylation sites is 1.